The Kier molecular flexibility index (Phi) is 42.4. The summed E-state index contributed by atoms with van der Waals surface area (Å²) < 4.78 is 15.5. The van der Waals surface area contributed by atoms with Crippen molar-refractivity contribution in [2.24, 2.45) is 11.8 Å². The van der Waals surface area contributed by atoms with E-state index in [9.17, 15) is 0 Å². The summed E-state index contributed by atoms with van der Waals surface area (Å²) in [4.78, 5) is 67.6. The summed E-state index contributed by atoms with van der Waals surface area (Å²) in [5.74, 6) is 6.97. The number of nitrogens with zero attached hydrogens (tertiary/aromatic N) is 2. The van der Waals surface area contributed by atoms with Crippen molar-refractivity contribution in [3.63, 3.8) is 0 Å². The molecule has 2 aromatic carbocycles. The number of hydrogen-bond donors (Lipinski definition) is 0. The van der Waals surface area contributed by atoms with Gasteiger partial charge in [-0.1, -0.05) is 130 Å². The van der Waals surface area contributed by atoms with Gasteiger partial charge in [0.2, 0.25) is 0 Å². The van der Waals surface area contributed by atoms with Crippen LogP contribution in [0.2, 0.25) is 26.6 Å². The van der Waals surface area contributed by atoms with Gasteiger partial charge < -0.3 is 0 Å². The van der Waals surface area contributed by atoms with E-state index >= 15 is 19.2 Å². The molecule has 2 aromatic rings. The van der Waals surface area contributed by atoms with Crippen LogP contribution >= 0.6 is 0 Å². The quantitative estimate of drug-likeness (QED) is 0.0286. The summed E-state index contributed by atoms with van der Waals surface area (Å²) in [5, 5.41) is 0.995. The van der Waals surface area contributed by atoms with E-state index in [0.717, 1.165) is 89.9 Å². The maximum atomic E-state index is 16.2. The van der Waals surface area contributed by atoms with Crippen LogP contribution in [0.3, 0.4) is 0 Å². The Hall–Kier alpha value is -2.30. The fourth-order valence-electron chi connectivity index (χ4n) is 15.0. The Morgan fingerprint density at radius 2 is 0.522 bits per heavy atom. The molecule has 2 unspecified atom stereocenters. The Morgan fingerprint density at radius 1 is 0.300 bits per heavy atom. The molecular weight excluding hydrogens is 1310 g/mol. The Bertz CT molecular complexity index is 2290. The summed E-state index contributed by atoms with van der Waals surface area (Å²) >= 11 is -6.41. The fourth-order valence-corrected chi connectivity index (χ4v) is 41.4. The van der Waals surface area contributed by atoms with Crippen molar-refractivity contribution in [2.45, 2.75) is 378 Å². The monoisotopic (exact) mass is 1450 g/mol. The van der Waals surface area contributed by atoms with Crippen LogP contribution in [-0.4, -0.2) is 83.3 Å². The first-order chi connectivity index (χ1) is 43.9. The number of carbonyl (C=O) groups excluding carboxylic acids is 4. The van der Waals surface area contributed by atoms with Crippen molar-refractivity contribution in [1.82, 2.24) is 9.80 Å². The first-order valence-electron chi connectivity index (χ1n) is 39.4. The number of benzene rings is 2. The summed E-state index contributed by atoms with van der Waals surface area (Å²) in [6, 6.07) is 3.95. The van der Waals surface area contributed by atoms with Gasteiger partial charge in [0.25, 0.3) is 0 Å². The molecular formula is C82H138N2O4Sn2. The van der Waals surface area contributed by atoms with E-state index < -0.39 is 36.8 Å². The Labute approximate surface area is 564 Å². The minimum absolute atomic E-state index is 0.186. The molecule has 4 rings (SSSR count). The maximum absolute atomic E-state index is 16.2. The van der Waals surface area contributed by atoms with E-state index in [1.54, 1.807) is 9.80 Å². The van der Waals surface area contributed by atoms with Gasteiger partial charge in [-0.3, -0.25) is 0 Å². The molecule has 2 heterocycles. The molecule has 2 aliphatic rings. The van der Waals surface area contributed by atoms with E-state index in [4.69, 9.17) is 0 Å². The van der Waals surface area contributed by atoms with Crippen molar-refractivity contribution in [3.05, 3.63) is 45.5 Å². The number of rotatable bonds is 54. The molecule has 0 saturated heterocycles. The molecule has 2 atom stereocenters. The molecule has 508 valence electrons. The molecule has 0 saturated carbocycles. The van der Waals surface area contributed by atoms with Gasteiger partial charge in [0.05, 0.1) is 0 Å². The van der Waals surface area contributed by atoms with Gasteiger partial charge >= 0.3 is 438 Å². The third-order valence-corrected chi connectivity index (χ3v) is 47.2. The van der Waals surface area contributed by atoms with Gasteiger partial charge in [-0.15, -0.1) is 0 Å². The molecule has 0 spiro atoms. The fraction of sp³-hybridized carbons (Fsp3) is 0.780. The van der Waals surface area contributed by atoms with E-state index in [2.05, 4.69) is 89.0 Å². The molecule has 6 nitrogen and oxygen atoms in total. The van der Waals surface area contributed by atoms with Gasteiger partial charge in [-0.05, 0) is 0 Å². The average molecular weight is 1450 g/mol. The second-order valence-corrected chi connectivity index (χ2v) is 53.5. The molecule has 0 bridgehead atoms. The zero-order chi connectivity index (χ0) is 65.2. The predicted octanol–water partition coefficient (Wildman–Crippen LogP) is 25.3. The van der Waals surface area contributed by atoms with Gasteiger partial charge in [0.15, 0.2) is 0 Å². The molecule has 0 fully saturated rings. The van der Waals surface area contributed by atoms with E-state index in [-0.39, 0.29) is 35.5 Å². The van der Waals surface area contributed by atoms with Crippen LogP contribution in [0.1, 0.15) is 404 Å². The van der Waals surface area contributed by atoms with E-state index in [1.807, 2.05) is 12.1 Å². The van der Waals surface area contributed by atoms with Crippen LogP contribution in [-0.2, 0) is 0 Å². The van der Waals surface area contributed by atoms with Crippen LogP contribution in [0.5, 0.6) is 0 Å². The van der Waals surface area contributed by atoms with E-state index in [1.165, 1.54) is 219 Å². The molecule has 90 heavy (non-hydrogen) atoms. The summed E-state index contributed by atoms with van der Waals surface area (Å²) in [6.45, 7) is 23.7. The van der Waals surface area contributed by atoms with Crippen LogP contribution < -0.4 is 0 Å². The molecule has 0 aliphatic carbocycles. The van der Waals surface area contributed by atoms with Gasteiger partial charge in [-0.25, -0.2) is 0 Å². The second-order valence-electron chi connectivity index (χ2n) is 28.9. The summed E-state index contributed by atoms with van der Waals surface area (Å²) in [5.41, 5.74) is 3.01. The van der Waals surface area contributed by atoms with Gasteiger partial charge in [0.1, 0.15) is 0 Å². The first kappa shape index (κ1) is 80.1. The number of unbranched alkanes of at least 4 members (excludes halogenated alkanes) is 30. The molecule has 4 amide bonds. The number of imide groups is 2. The Balaban J connectivity index is 2.09. The molecule has 2 aliphatic heterocycles. The van der Waals surface area contributed by atoms with Crippen molar-refractivity contribution in [3.8, 4) is 19.7 Å². The van der Waals surface area contributed by atoms with Gasteiger partial charge in [0, 0.05) is 0 Å². The first-order valence-corrected chi connectivity index (χ1v) is 54.4. The molecule has 0 radical (unpaired) electrons. The zero-order valence-electron chi connectivity index (χ0n) is 60.6. The number of hydrogen-bond acceptors (Lipinski definition) is 4. The molecule has 0 N–H and O–H groups in total. The predicted molar refractivity (Wildman–Crippen MR) is 396 cm³/mol. The average Bonchev–Trinajstić information content (AvgIpc) is 0.701. The topological polar surface area (TPSA) is 74.8 Å². The number of carbonyl (C=O) groups is 4. The third kappa shape index (κ3) is 26.7. The normalized spacial score (nSPS) is 14.0. The summed E-state index contributed by atoms with van der Waals surface area (Å²) in [7, 11) is 0. The van der Waals surface area contributed by atoms with Crippen molar-refractivity contribution < 1.29 is 19.2 Å². The standard InChI is InChI=1S/C58H84N2O4.6C4H9.2Sn/c1-7-13-17-21-25-27-31-35-39-45(37-33-29-23-19-15-9-3)43-59-55(61)49-41-48(12-6)52-54-50(42-47(11-5)51(53(49)54)57(59)63)56(62)60(58(52)64)44-46(38-34-30-24-20-16-10-4)40-36-32-28-26-22-18-14-8-2;6*1-3-4-2;;/h41-42,45-46H,7-10,13-40,43-44H2,1-4H3;6*1,3-4H2,2H3;;. The SMILES string of the molecule is CCCCCCCCCCC(CCCCCCCC)CN1C(=O)c2cc(C#[C][Sn]([CH2]CCC)([CH2]CCC)[CH2]CCC)c3c4c(cc(C#[C][Sn]([CH2]CCC)([CH2]CCC)[CH2]CCC)c(c24)C1=O)C(=O)N(CC(CCCCCCCC)CCCCCCCCCC)C3=O. The number of amides is 4. The van der Waals surface area contributed by atoms with E-state index in [0.29, 0.717) is 57.2 Å². The van der Waals surface area contributed by atoms with Crippen molar-refractivity contribution in [2.75, 3.05) is 13.1 Å². The Morgan fingerprint density at radius 3 is 0.756 bits per heavy atom. The van der Waals surface area contributed by atoms with Crippen LogP contribution in [0.25, 0.3) is 10.8 Å². The van der Waals surface area contributed by atoms with Crippen LogP contribution in [0.4, 0.5) is 0 Å². The van der Waals surface area contributed by atoms with Crippen molar-refractivity contribution >= 4 is 71.2 Å². The van der Waals surface area contributed by atoms with Crippen LogP contribution in [0, 0.1) is 31.5 Å². The van der Waals surface area contributed by atoms with Crippen LogP contribution in [0.15, 0.2) is 12.1 Å². The zero-order valence-corrected chi connectivity index (χ0v) is 66.3. The second kappa shape index (κ2) is 47.6. The summed E-state index contributed by atoms with van der Waals surface area (Å²) in [6.07, 6.45) is 52.2. The van der Waals surface area contributed by atoms with Crippen molar-refractivity contribution in [1.29, 1.82) is 0 Å². The molecule has 8 heteroatoms. The van der Waals surface area contributed by atoms with Gasteiger partial charge in [-0.2, -0.15) is 0 Å². The molecule has 0 aromatic heterocycles. The third-order valence-electron chi connectivity index (χ3n) is 21.0. The minimum atomic E-state index is -3.20.